The van der Waals surface area contributed by atoms with Crippen LogP contribution in [-0.4, -0.2) is 46.0 Å². The van der Waals surface area contributed by atoms with Crippen LogP contribution in [0.25, 0.3) is 0 Å². The van der Waals surface area contributed by atoms with Crippen LogP contribution in [0.5, 0.6) is 0 Å². The molecule has 14 heavy (non-hydrogen) atoms. The molecule has 1 aliphatic heterocycles. The molecule has 1 fully saturated rings. The van der Waals surface area contributed by atoms with E-state index in [1.54, 1.807) is 0 Å². The van der Waals surface area contributed by atoms with Crippen molar-refractivity contribution < 1.29 is 24.6 Å². The van der Waals surface area contributed by atoms with Crippen molar-refractivity contribution in [1.82, 2.24) is 4.90 Å². The normalized spacial score (nSPS) is 23.0. The van der Waals surface area contributed by atoms with Gasteiger partial charge in [-0.3, -0.25) is 9.59 Å². The highest BCUT2D eigenvalue weighted by atomic mass is 16.4. The second kappa shape index (κ2) is 4.08. The summed E-state index contributed by atoms with van der Waals surface area (Å²) in [4.78, 5) is 33.4. The van der Waals surface area contributed by atoms with E-state index in [1.165, 1.54) is 0 Å². The van der Waals surface area contributed by atoms with Gasteiger partial charge >= 0.3 is 12.1 Å². The average molecular weight is 201 g/mol. The van der Waals surface area contributed by atoms with E-state index in [0.29, 0.717) is 6.42 Å². The zero-order valence-corrected chi connectivity index (χ0v) is 7.47. The fourth-order valence-electron chi connectivity index (χ4n) is 1.42. The molecule has 78 valence electrons. The van der Waals surface area contributed by atoms with E-state index < -0.39 is 18.0 Å². The van der Waals surface area contributed by atoms with Crippen molar-refractivity contribution in [3.8, 4) is 0 Å². The van der Waals surface area contributed by atoms with Crippen LogP contribution in [0.1, 0.15) is 12.8 Å². The third-order valence-corrected chi connectivity index (χ3v) is 2.21. The third-order valence-electron chi connectivity index (χ3n) is 2.21. The zero-order valence-electron chi connectivity index (χ0n) is 7.47. The molecule has 1 aliphatic rings. The molecule has 1 heterocycles. The van der Waals surface area contributed by atoms with Crippen LogP contribution in [0.2, 0.25) is 0 Å². The third kappa shape index (κ3) is 2.21. The van der Waals surface area contributed by atoms with Gasteiger partial charge < -0.3 is 15.1 Å². The van der Waals surface area contributed by atoms with E-state index in [9.17, 15) is 14.4 Å². The van der Waals surface area contributed by atoms with Gasteiger partial charge in [0, 0.05) is 19.5 Å². The van der Waals surface area contributed by atoms with Crippen molar-refractivity contribution in [3.63, 3.8) is 0 Å². The Bertz CT molecular complexity index is 275. The fourth-order valence-corrected chi connectivity index (χ4v) is 1.42. The summed E-state index contributed by atoms with van der Waals surface area (Å²) < 4.78 is 0. The number of carboxylic acids is 1. The first-order chi connectivity index (χ1) is 6.52. The number of carbonyl (C=O) groups is 3. The number of nitrogens with zero attached hydrogens (tertiary/aromatic N) is 1. The maximum atomic E-state index is 11.2. The fraction of sp³-hybridized carbons (Fsp3) is 0.625. The highest BCUT2D eigenvalue weighted by molar-refractivity contribution is 5.99. The summed E-state index contributed by atoms with van der Waals surface area (Å²) in [5, 5.41) is 17.4. The number of rotatable bonds is 1. The number of ketones is 1. The minimum absolute atomic E-state index is 0.140. The summed E-state index contributed by atoms with van der Waals surface area (Å²) >= 11 is 0. The summed E-state index contributed by atoms with van der Waals surface area (Å²) in [5.74, 6) is -2.84. The summed E-state index contributed by atoms with van der Waals surface area (Å²) in [7, 11) is 0. The predicted octanol–water partition coefficient (Wildman–Crippen LogP) is 0.0301. The first kappa shape index (κ1) is 10.5. The molecule has 1 saturated heterocycles. The number of aliphatic carboxylic acids is 1. The molecule has 1 rings (SSSR count). The molecule has 1 unspecified atom stereocenters. The van der Waals surface area contributed by atoms with Crippen molar-refractivity contribution in [2.45, 2.75) is 12.8 Å². The number of hydrogen-bond donors (Lipinski definition) is 2. The lowest BCUT2D eigenvalue weighted by Crippen LogP contribution is -2.37. The lowest BCUT2D eigenvalue weighted by molar-refractivity contribution is -0.146. The summed E-state index contributed by atoms with van der Waals surface area (Å²) in [6, 6.07) is 0. The first-order valence-electron chi connectivity index (χ1n) is 4.25. The SMILES string of the molecule is O=C(O)C1CN(C(=O)O)CCCC1=O. The second-order valence-electron chi connectivity index (χ2n) is 3.19. The number of amides is 1. The molecule has 6 heteroatoms. The van der Waals surface area contributed by atoms with Gasteiger partial charge in [-0.05, 0) is 6.42 Å². The Morgan fingerprint density at radius 3 is 2.50 bits per heavy atom. The van der Waals surface area contributed by atoms with Crippen molar-refractivity contribution >= 4 is 17.8 Å². The standard InChI is InChI=1S/C8H11NO5/c10-6-2-1-3-9(8(13)14)4-5(6)7(11)12/h5H,1-4H2,(H,11,12)(H,13,14). The van der Waals surface area contributed by atoms with Crippen LogP contribution in [0.15, 0.2) is 0 Å². The largest absolute Gasteiger partial charge is 0.481 e. The van der Waals surface area contributed by atoms with E-state index in [1.807, 2.05) is 0 Å². The Labute approximate surface area is 80.1 Å². The van der Waals surface area contributed by atoms with E-state index >= 15 is 0 Å². The van der Waals surface area contributed by atoms with Gasteiger partial charge in [0.2, 0.25) is 0 Å². The van der Waals surface area contributed by atoms with Gasteiger partial charge in [-0.2, -0.15) is 0 Å². The minimum atomic E-state index is -1.25. The molecule has 0 aromatic heterocycles. The van der Waals surface area contributed by atoms with E-state index in [0.717, 1.165) is 4.90 Å². The number of carboxylic acid groups (broad SMARTS) is 2. The van der Waals surface area contributed by atoms with E-state index in [4.69, 9.17) is 10.2 Å². The second-order valence-corrected chi connectivity index (χ2v) is 3.19. The quantitative estimate of drug-likeness (QED) is 0.583. The molecule has 0 radical (unpaired) electrons. The Morgan fingerprint density at radius 1 is 1.36 bits per heavy atom. The highest BCUT2D eigenvalue weighted by Crippen LogP contribution is 2.13. The average Bonchev–Trinajstić information content (AvgIpc) is 2.26. The van der Waals surface area contributed by atoms with Crippen LogP contribution in [0, 0.1) is 5.92 Å². The van der Waals surface area contributed by atoms with Crippen LogP contribution < -0.4 is 0 Å². The molecule has 0 saturated carbocycles. The molecule has 0 aliphatic carbocycles. The van der Waals surface area contributed by atoms with Crippen molar-refractivity contribution in [1.29, 1.82) is 0 Å². The van der Waals surface area contributed by atoms with Crippen LogP contribution in [-0.2, 0) is 9.59 Å². The Kier molecular flexibility index (Phi) is 3.06. The Balaban J connectivity index is 2.77. The van der Waals surface area contributed by atoms with Gasteiger partial charge in [-0.25, -0.2) is 4.79 Å². The number of carbonyl (C=O) groups excluding carboxylic acids is 1. The van der Waals surface area contributed by atoms with Gasteiger partial charge in [0.15, 0.2) is 0 Å². The van der Waals surface area contributed by atoms with Gasteiger partial charge in [-0.1, -0.05) is 0 Å². The summed E-state index contributed by atoms with van der Waals surface area (Å²) in [5.41, 5.74) is 0. The monoisotopic (exact) mass is 201 g/mol. The van der Waals surface area contributed by atoms with Gasteiger partial charge in [0.1, 0.15) is 11.7 Å². The summed E-state index contributed by atoms with van der Waals surface area (Å²) in [6.07, 6.45) is -0.638. The van der Waals surface area contributed by atoms with E-state index in [-0.39, 0.29) is 25.3 Å². The lowest BCUT2D eigenvalue weighted by atomic mass is 10.0. The Morgan fingerprint density at radius 2 is 2.00 bits per heavy atom. The van der Waals surface area contributed by atoms with Crippen molar-refractivity contribution in [2.24, 2.45) is 5.92 Å². The molecule has 1 amide bonds. The lowest BCUT2D eigenvalue weighted by Gasteiger charge is -2.17. The summed E-state index contributed by atoms with van der Waals surface area (Å²) in [6.45, 7) is -0.00560. The molecule has 0 aromatic carbocycles. The maximum absolute atomic E-state index is 11.2. The van der Waals surface area contributed by atoms with Crippen molar-refractivity contribution in [2.75, 3.05) is 13.1 Å². The van der Waals surface area contributed by atoms with Crippen molar-refractivity contribution in [3.05, 3.63) is 0 Å². The van der Waals surface area contributed by atoms with E-state index in [2.05, 4.69) is 0 Å². The maximum Gasteiger partial charge on any atom is 0.407 e. The number of Topliss-reactive ketones (excluding diaryl/α,β-unsaturated/α-hetero) is 1. The zero-order chi connectivity index (χ0) is 10.7. The van der Waals surface area contributed by atoms with Crippen LogP contribution >= 0.6 is 0 Å². The van der Waals surface area contributed by atoms with Gasteiger partial charge in [0.25, 0.3) is 0 Å². The predicted molar refractivity (Wildman–Crippen MR) is 45.0 cm³/mol. The van der Waals surface area contributed by atoms with Gasteiger partial charge in [0.05, 0.1) is 0 Å². The van der Waals surface area contributed by atoms with Crippen LogP contribution in [0.3, 0.4) is 0 Å². The first-order valence-corrected chi connectivity index (χ1v) is 4.25. The molecule has 0 bridgehead atoms. The molecule has 0 spiro atoms. The topological polar surface area (TPSA) is 94.9 Å². The molecule has 2 N–H and O–H groups in total. The molecule has 6 nitrogen and oxygen atoms in total. The number of hydrogen-bond acceptors (Lipinski definition) is 3. The number of likely N-dealkylation sites (tertiary alicyclic amines) is 1. The van der Waals surface area contributed by atoms with Crippen LogP contribution in [0.4, 0.5) is 4.79 Å². The molecule has 0 aromatic rings. The Hall–Kier alpha value is -1.59. The minimum Gasteiger partial charge on any atom is -0.481 e. The molecule has 1 atom stereocenters. The highest BCUT2D eigenvalue weighted by Gasteiger charge is 2.32. The smallest absolute Gasteiger partial charge is 0.407 e. The van der Waals surface area contributed by atoms with Gasteiger partial charge in [-0.15, -0.1) is 0 Å². The molecular formula is C8H11NO5. The molecular weight excluding hydrogens is 190 g/mol.